The van der Waals surface area contributed by atoms with Crippen molar-refractivity contribution in [2.45, 2.75) is 19.8 Å². The van der Waals surface area contributed by atoms with E-state index in [9.17, 15) is 0 Å². The fourth-order valence-electron chi connectivity index (χ4n) is 1.59. The van der Waals surface area contributed by atoms with Crippen molar-refractivity contribution in [3.05, 3.63) is 29.8 Å². The lowest BCUT2D eigenvalue weighted by atomic mass is 10.1. The maximum Gasteiger partial charge on any atom is 0.0701 e. The van der Waals surface area contributed by atoms with E-state index in [1.54, 1.807) is 7.11 Å². The van der Waals surface area contributed by atoms with E-state index >= 15 is 0 Å². The van der Waals surface area contributed by atoms with E-state index in [1.165, 1.54) is 12.0 Å². The molecule has 0 radical (unpaired) electrons. The zero-order valence-electron chi connectivity index (χ0n) is 10.9. The topological polar surface area (TPSA) is 30.5 Å². The fraction of sp³-hybridized carbons (Fsp3) is 0.571. The van der Waals surface area contributed by atoms with Crippen LogP contribution >= 0.6 is 0 Å². The molecule has 1 aromatic carbocycles. The third-order valence-electron chi connectivity index (χ3n) is 2.50. The molecule has 0 aliphatic heterocycles. The molecular formula is C14H23NO2. The van der Waals surface area contributed by atoms with Gasteiger partial charge in [-0.25, -0.2) is 0 Å². The van der Waals surface area contributed by atoms with Crippen LogP contribution in [0.1, 0.15) is 18.9 Å². The first-order chi connectivity index (χ1) is 8.36. The van der Waals surface area contributed by atoms with Crippen molar-refractivity contribution >= 4 is 5.69 Å². The van der Waals surface area contributed by atoms with Gasteiger partial charge in [0.1, 0.15) is 0 Å². The highest BCUT2D eigenvalue weighted by atomic mass is 16.5. The van der Waals surface area contributed by atoms with Crippen LogP contribution in [0.25, 0.3) is 0 Å². The number of hydrogen-bond acceptors (Lipinski definition) is 3. The third-order valence-corrected chi connectivity index (χ3v) is 2.50. The number of rotatable bonds is 9. The zero-order valence-corrected chi connectivity index (χ0v) is 10.9. The van der Waals surface area contributed by atoms with Crippen molar-refractivity contribution in [1.29, 1.82) is 0 Å². The van der Waals surface area contributed by atoms with Gasteiger partial charge in [-0.2, -0.15) is 0 Å². The summed E-state index contributed by atoms with van der Waals surface area (Å²) < 4.78 is 10.3. The van der Waals surface area contributed by atoms with Crippen LogP contribution in [0.4, 0.5) is 5.69 Å². The average Bonchev–Trinajstić information content (AvgIpc) is 2.36. The highest BCUT2D eigenvalue weighted by Crippen LogP contribution is 2.10. The van der Waals surface area contributed by atoms with Gasteiger partial charge in [-0.15, -0.1) is 0 Å². The first kappa shape index (κ1) is 14.0. The Morgan fingerprint density at radius 1 is 1.06 bits per heavy atom. The first-order valence-corrected chi connectivity index (χ1v) is 6.26. The highest BCUT2D eigenvalue weighted by molar-refractivity contribution is 5.44. The molecule has 0 aliphatic carbocycles. The van der Waals surface area contributed by atoms with Gasteiger partial charge in [0.2, 0.25) is 0 Å². The van der Waals surface area contributed by atoms with Gasteiger partial charge >= 0.3 is 0 Å². The van der Waals surface area contributed by atoms with Crippen LogP contribution in [-0.4, -0.2) is 33.5 Å². The summed E-state index contributed by atoms with van der Waals surface area (Å²) in [6, 6.07) is 8.61. The summed E-state index contributed by atoms with van der Waals surface area (Å²) in [5.41, 5.74) is 2.55. The molecule has 0 unspecified atom stereocenters. The monoisotopic (exact) mass is 237 g/mol. The summed E-state index contributed by atoms with van der Waals surface area (Å²) in [5.74, 6) is 0. The van der Waals surface area contributed by atoms with Gasteiger partial charge in [0.15, 0.2) is 0 Å². The quantitative estimate of drug-likeness (QED) is 0.670. The Balaban J connectivity index is 2.14. The van der Waals surface area contributed by atoms with E-state index in [-0.39, 0.29) is 0 Å². The summed E-state index contributed by atoms with van der Waals surface area (Å²) in [4.78, 5) is 0. The van der Waals surface area contributed by atoms with Crippen LogP contribution in [0, 0.1) is 0 Å². The molecule has 0 saturated carbocycles. The number of hydrogen-bond donors (Lipinski definition) is 1. The van der Waals surface area contributed by atoms with Crippen LogP contribution in [0.15, 0.2) is 24.3 Å². The molecule has 0 saturated heterocycles. The molecule has 1 N–H and O–H groups in total. The summed E-state index contributed by atoms with van der Waals surface area (Å²) in [5, 5.41) is 3.33. The predicted octanol–water partition coefficient (Wildman–Crippen LogP) is 2.71. The van der Waals surface area contributed by atoms with E-state index in [2.05, 4.69) is 36.5 Å². The number of methoxy groups -OCH3 is 1. The molecule has 96 valence electrons. The molecule has 17 heavy (non-hydrogen) atoms. The number of ether oxygens (including phenoxy) is 2. The Morgan fingerprint density at radius 2 is 1.82 bits per heavy atom. The Kier molecular flexibility index (Phi) is 7.43. The lowest BCUT2D eigenvalue weighted by Gasteiger charge is -2.08. The molecule has 0 bridgehead atoms. The van der Waals surface area contributed by atoms with E-state index in [0.29, 0.717) is 19.8 Å². The number of aryl methyl sites for hydroxylation is 1. The van der Waals surface area contributed by atoms with Gasteiger partial charge in [-0.1, -0.05) is 25.5 Å². The van der Waals surface area contributed by atoms with Crippen molar-refractivity contribution in [1.82, 2.24) is 0 Å². The predicted molar refractivity (Wildman–Crippen MR) is 71.6 cm³/mol. The molecule has 0 fully saturated rings. The molecule has 0 spiro atoms. The Bertz CT molecular complexity index is 285. The molecule has 1 aromatic rings. The molecule has 3 heteroatoms. The summed E-state index contributed by atoms with van der Waals surface area (Å²) in [7, 11) is 1.68. The summed E-state index contributed by atoms with van der Waals surface area (Å²) in [6.45, 7) is 5.06. The maximum atomic E-state index is 5.37. The van der Waals surface area contributed by atoms with Crippen molar-refractivity contribution in [3.63, 3.8) is 0 Å². The highest BCUT2D eigenvalue weighted by Gasteiger charge is 1.94. The lowest BCUT2D eigenvalue weighted by Crippen LogP contribution is -2.11. The standard InChI is InChI=1S/C14H23NO2/c1-3-4-13-5-7-14(8-6-13)15-9-10-17-12-11-16-2/h5-8,15H,3-4,9-12H2,1-2H3. The zero-order chi connectivity index (χ0) is 12.3. The summed E-state index contributed by atoms with van der Waals surface area (Å²) >= 11 is 0. The third kappa shape index (κ3) is 6.29. The smallest absolute Gasteiger partial charge is 0.0701 e. The van der Waals surface area contributed by atoms with Crippen LogP contribution in [0.5, 0.6) is 0 Å². The molecule has 3 nitrogen and oxygen atoms in total. The molecule has 0 aliphatic rings. The van der Waals surface area contributed by atoms with E-state index in [1.807, 2.05) is 0 Å². The molecule has 1 rings (SSSR count). The number of benzene rings is 1. The Labute approximate surface area is 104 Å². The molecule has 0 aromatic heterocycles. The maximum absolute atomic E-state index is 5.37. The molecule has 0 amide bonds. The van der Waals surface area contributed by atoms with E-state index in [4.69, 9.17) is 9.47 Å². The van der Waals surface area contributed by atoms with Crippen molar-refractivity contribution < 1.29 is 9.47 Å². The average molecular weight is 237 g/mol. The van der Waals surface area contributed by atoms with Crippen molar-refractivity contribution in [2.24, 2.45) is 0 Å². The molecular weight excluding hydrogens is 214 g/mol. The number of anilines is 1. The van der Waals surface area contributed by atoms with Crippen LogP contribution in [0.3, 0.4) is 0 Å². The largest absolute Gasteiger partial charge is 0.383 e. The van der Waals surface area contributed by atoms with Gasteiger partial charge in [0.25, 0.3) is 0 Å². The number of nitrogens with one attached hydrogen (secondary N) is 1. The van der Waals surface area contributed by atoms with Crippen molar-refractivity contribution in [2.75, 3.05) is 38.8 Å². The minimum absolute atomic E-state index is 0.658. The van der Waals surface area contributed by atoms with Gasteiger partial charge in [0, 0.05) is 19.3 Å². The second kappa shape index (κ2) is 9.02. The molecule has 0 atom stereocenters. The Morgan fingerprint density at radius 3 is 2.47 bits per heavy atom. The first-order valence-electron chi connectivity index (χ1n) is 6.26. The van der Waals surface area contributed by atoms with E-state index < -0.39 is 0 Å². The van der Waals surface area contributed by atoms with Gasteiger partial charge in [0.05, 0.1) is 19.8 Å². The van der Waals surface area contributed by atoms with Crippen LogP contribution in [0.2, 0.25) is 0 Å². The second-order valence-corrected chi connectivity index (χ2v) is 3.98. The summed E-state index contributed by atoms with van der Waals surface area (Å²) in [6.07, 6.45) is 2.35. The van der Waals surface area contributed by atoms with Crippen LogP contribution < -0.4 is 5.32 Å². The Hall–Kier alpha value is -1.06. The van der Waals surface area contributed by atoms with Crippen molar-refractivity contribution in [3.8, 4) is 0 Å². The minimum atomic E-state index is 0.658. The van der Waals surface area contributed by atoms with Gasteiger partial charge < -0.3 is 14.8 Å². The molecule has 0 heterocycles. The second-order valence-electron chi connectivity index (χ2n) is 3.98. The van der Waals surface area contributed by atoms with E-state index in [0.717, 1.165) is 18.7 Å². The normalized spacial score (nSPS) is 10.5. The SMILES string of the molecule is CCCc1ccc(NCCOCCOC)cc1. The lowest BCUT2D eigenvalue weighted by molar-refractivity contribution is 0.0759. The van der Waals surface area contributed by atoms with Crippen LogP contribution in [-0.2, 0) is 15.9 Å². The van der Waals surface area contributed by atoms with Gasteiger partial charge in [-0.05, 0) is 24.1 Å². The fourth-order valence-corrected chi connectivity index (χ4v) is 1.59. The van der Waals surface area contributed by atoms with Gasteiger partial charge in [-0.3, -0.25) is 0 Å². The minimum Gasteiger partial charge on any atom is -0.383 e.